The predicted octanol–water partition coefficient (Wildman–Crippen LogP) is 6.84. The van der Waals surface area contributed by atoms with Gasteiger partial charge in [-0.2, -0.15) is 0 Å². The van der Waals surface area contributed by atoms with E-state index < -0.39 is 0 Å². The third-order valence-corrected chi connectivity index (χ3v) is 6.42. The van der Waals surface area contributed by atoms with Crippen molar-refractivity contribution in [3.63, 3.8) is 0 Å². The lowest BCUT2D eigenvalue weighted by molar-refractivity contribution is 1.30. The van der Waals surface area contributed by atoms with E-state index >= 15 is 0 Å². The van der Waals surface area contributed by atoms with Crippen molar-refractivity contribution in [2.24, 2.45) is 0 Å². The van der Waals surface area contributed by atoms with Crippen molar-refractivity contribution in [2.75, 3.05) is 0 Å². The van der Waals surface area contributed by atoms with Crippen LogP contribution in [0.25, 0.3) is 48.3 Å². The lowest BCUT2D eigenvalue weighted by atomic mass is 9.90. The molecule has 2 aromatic heterocycles. The highest BCUT2D eigenvalue weighted by Gasteiger charge is 2.17. The largest absolute Gasteiger partial charge is 0.256 e. The molecular formula is C24H15NS. The monoisotopic (exact) mass is 349 g/mol. The fourth-order valence-electron chi connectivity index (χ4n) is 4.25. The van der Waals surface area contributed by atoms with Gasteiger partial charge in [0.2, 0.25) is 0 Å². The van der Waals surface area contributed by atoms with E-state index in [1.807, 2.05) is 23.6 Å². The van der Waals surface area contributed by atoms with E-state index in [0.29, 0.717) is 0 Å². The van der Waals surface area contributed by atoms with Crippen LogP contribution in [0.3, 0.4) is 0 Å². The molecule has 1 nitrogen and oxygen atoms in total. The SMILES string of the molecule is C1=Cc2cc3sc4cccc(-c5ccccn5)c4c3c3cccc(c23)C1. The van der Waals surface area contributed by atoms with Crippen molar-refractivity contribution in [3.05, 3.63) is 84.1 Å². The van der Waals surface area contributed by atoms with Crippen molar-refractivity contribution >= 4 is 48.4 Å². The maximum Gasteiger partial charge on any atom is 0.0708 e. The van der Waals surface area contributed by atoms with Crippen molar-refractivity contribution in [1.82, 2.24) is 4.98 Å². The second-order valence-corrected chi connectivity index (χ2v) is 7.86. The Labute approximate surface area is 155 Å². The zero-order valence-corrected chi connectivity index (χ0v) is 14.9. The van der Waals surface area contributed by atoms with Gasteiger partial charge in [-0.1, -0.05) is 48.6 Å². The van der Waals surface area contributed by atoms with Crippen LogP contribution < -0.4 is 0 Å². The zero-order chi connectivity index (χ0) is 17.1. The average Bonchev–Trinajstić information content (AvgIpc) is 3.07. The van der Waals surface area contributed by atoms with Crippen LogP contribution in [0, 0.1) is 0 Å². The van der Waals surface area contributed by atoms with E-state index in [0.717, 1.165) is 12.1 Å². The summed E-state index contributed by atoms with van der Waals surface area (Å²) in [4.78, 5) is 4.62. The third kappa shape index (κ3) is 1.88. The minimum absolute atomic E-state index is 1.02. The highest BCUT2D eigenvalue weighted by molar-refractivity contribution is 7.26. The summed E-state index contributed by atoms with van der Waals surface area (Å²) in [6.07, 6.45) is 7.44. The van der Waals surface area contributed by atoms with Gasteiger partial charge >= 0.3 is 0 Å². The highest BCUT2D eigenvalue weighted by Crippen LogP contribution is 2.45. The lowest BCUT2D eigenvalue weighted by Crippen LogP contribution is -1.93. The summed E-state index contributed by atoms with van der Waals surface area (Å²) in [6.45, 7) is 0. The summed E-state index contributed by atoms with van der Waals surface area (Å²) in [5.41, 5.74) is 5.04. The second kappa shape index (κ2) is 5.26. The van der Waals surface area contributed by atoms with Crippen molar-refractivity contribution in [1.29, 1.82) is 0 Å². The highest BCUT2D eigenvalue weighted by atomic mass is 32.1. The molecule has 2 heteroatoms. The minimum atomic E-state index is 1.02. The fraction of sp³-hybridized carbons (Fsp3) is 0.0417. The normalized spacial score (nSPS) is 13.1. The molecule has 26 heavy (non-hydrogen) atoms. The Kier molecular flexibility index (Phi) is 2.88. The molecule has 1 aliphatic rings. The first-order valence-corrected chi connectivity index (χ1v) is 9.69. The van der Waals surface area contributed by atoms with Gasteiger partial charge in [0.05, 0.1) is 5.69 Å². The maximum absolute atomic E-state index is 4.62. The molecule has 0 atom stereocenters. The number of rotatable bonds is 1. The first-order chi connectivity index (χ1) is 12.9. The first kappa shape index (κ1) is 14.2. The van der Waals surface area contributed by atoms with Crippen LogP contribution in [-0.4, -0.2) is 4.98 Å². The van der Waals surface area contributed by atoms with Gasteiger partial charge in [-0.3, -0.25) is 4.98 Å². The molecule has 2 heterocycles. The van der Waals surface area contributed by atoms with Gasteiger partial charge in [-0.25, -0.2) is 0 Å². The Bertz CT molecular complexity index is 1340. The van der Waals surface area contributed by atoms with Crippen molar-refractivity contribution < 1.29 is 0 Å². The molecule has 6 rings (SSSR count). The summed E-state index contributed by atoms with van der Waals surface area (Å²) in [7, 11) is 0. The molecule has 0 saturated heterocycles. The molecule has 0 saturated carbocycles. The standard InChI is InChI=1S/C24H15NS/c1-2-13-25-19(11-1)17-9-5-12-20-23(17)24-18-10-4-7-15-6-3-8-16(22(15)18)14-21(24)26-20/h1-5,7-14H,6H2. The van der Waals surface area contributed by atoms with Crippen molar-refractivity contribution in [2.45, 2.75) is 6.42 Å². The van der Waals surface area contributed by atoms with Crippen LogP contribution in [0.5, 0.6) is 0 Å². The summed E-state index contributed by atoms with van der Waals surface area (Å²) in [5.74, 6) is 0. The number of aromatic nitrogens is 1. The Morgan fingerprint density at radius 2 is 1.77 bits per heavy atom. The molecule has 0 fully saturated rings. The molecule has 0 spiro atoms. The van der Waals surface area contributed by atoms with Gasteiger partial charge in [-0.05, 0) is 52.6 Å². The van der Waals surface area contributed by atoms with Crippen LogP contribution >= 0.6 is 11.3 Å². The molecule has 0 amide bonds. The molecule has 0 aliphatic heterocycles. The number of pyridine rings is 1. The van der Waals surface area contributed by atoms with Gasteiger partial charge in [-0.15, -0.1) is 11.3 Å². The predicted molar refractivity (Wildman–Crippen MR) is 113 cm³/mol. The fourth-order valence-corrected chi connectivity index (χ4v) is 5.45. The molecule has 5 aromatic rings. The van der Waals surface area contributed by atoms with Crippen molar-refractivity contribution in [3.8, 4) is 11.3 Å². The number of fused-ring (bicyclic) bond motifs is 4. The molecule has 1 aliphatic carbocycles. The molecule has 122 valence electrons. The van der Waals surface area contributed by atoms with Crippen LogP contribution in [0.15, 0.2) is 72.9 Å². The van der Waals surface area contributed by atoms with Crippen LogP contribution in [-0.2, 0) is 6.42 Å². The topological polar surface area (TPSA) is 12.9 Å². The Hall–Kier alpha value is -2.97. The van der Waals surface area contributed by atoms with Gasteiger partial charge in [0.1, 0.15) is 0 Å². The molecular weight excluding hydrogens is 334 g/mol. The summed E-state index contributed by atoms with van der Waals surface area (Å²) in [6, 6.07) is 21.8. The van der Waals surface area contributed by atoms with E-state index in [4.69, 9.17) is 0 Å². The third-order valence-electron chi connectivity index (χ3n) is 5.31. The number of hydrogen-bond donors (Lipinski definition) is 0. The zero-order valence-electron chi connectivity index (χ0n) is 14.1. The first-order valence-electron chi connectivity index (χ1n) is 8.88. The number of nitrogens with zero attached hydrogens (tertiary/aromatic N) is 1. The van der Waals surface area contributed by atoms with E-state index in [9.17, 15) is 0 Å². The minimum Gasteiger partial charge on any atom is -0.256 e. The van der Waals surface area contributed by atoms with E-state index in [2.05, 4.69) is 71.7 Å². The van der Waals surface area contributed by atoms with Gasteiger partial charge in [0.15, 0.2) is 0 Å². The average molecular weight is 349 g/mol. The van der Waals surface area contributed by atoms with Gasteiger partial charge in [0.25, 0.3) is 0 Å². The quantitative estimate of drug-likeness (QED) is 0.323. The smallest absolute Gasteiger partial charge is 0.0708 e. The molecule has 0 radical (unpaired) electrons. The summed E-state index contributed by atoms with van der Waals surface area (Å²) < 4.78 is 2.69. The maximum atomic E-state index is 4.62. The summed E-state index contributed by atoms with van der Waals surface area (Å²) in [5, 5.41) is 5.50. The molecule has 0 bridgehead atoms. The van der Waals surface area contributed by atoms with Gasteiger partial charge in [0, 0.05) is 31.9 Å². The molecule has 3 aromatic carbocycles. The van der Waals surface area contributed by atoms with Gasteiger partial charge < -0.3 is 0 Å². The Morgan fingerprint density at radius 1 is 0.808 bits per heavy atom. The van der Waals surface area contributed by atoms with Crippen LogP contribution in [0.1, 0.15) is 11.1 Å². The Morgan fingerprint density at radius 3 is 2.69 bits per heavy atom. The number of hydrogen-bond acceptors (Lipinski definition) is 2. The van der Waals surface area contributed by atoms with Crippen LogP contribution in [0.2, 0.25) is 0 Å². The lowest BCUT2D eigenvalue weighted by Gasteiger charge is -2.14. The molecule has 0 N–H and O–H groups in total. The number of benzene rings is 3. The number of thiophene rings is 1. The summed E-state index contributed by atoms with van der Waals surface area (Å²) >= 11 is 1.88. The van der Waals surface area contributed by atoms with E-state index in [1.54, 1.807) is 0 Å². The molecule has 0 unspecified atom stereocenters. The Balaban J connectivity index is 1.86. The number of allylic oxidation sites excluding steroid dienone is 1. The second-order valence-electron chi connectivity index (χ2n) is 6.78. The van der Waals surface area contributed by atoms with E-state index in [-0.39, 0.29) is 0 Å². The van der Waals surface area contributed by atoms with E-state index in [1.165, 1.54) is 47.6 Å². The van der Waals surface area contributed by atoms with Crippen LogP contribution in [0.4, 0.5) is 0 Å².